The first-order valence-electron chi connectivity index (χ1n) is 6.48. The second kappa shape index (κ2) is 6.89. The Morgan fingerprint density at radius 3 is 2.79 bits per heavy atom. The Kier molecular flexibility index (Phi) is 4.92. The molecule has 1 atom stereocenters. The molecule has 0 amide bonds. The van der Waals surface area contributed by atoms with Crippen LogP contribution in [0.1, 0.15) is 25.1 Å². The largest absolute Gasteiger partial charge is 0.485 e. The number of benzene rings is 1. The van der Waals surface area contributed by atoms with E-state index in [9.17, 15) is 0 Å². The Bertz CT molecular complexity index is 480. The van der Waals surface area contributed by atoms with Gasteiger partial charge in [-0.05, 0) is 25.6 Å². The summed E-state index contributed by atoms with van der Waals surface area (Å²) in [6.45, 7) is 2.45. The van der Waals surface area contributed by atoms with Crippen molar-refractivity contribution in [1.29, 1.82) is 0 Å². The summed E-state index contributed by atoms with van der Waals surface area (Å²) < 4.78 is 10.8. The lowest BCUT2D eigenvalue weighted by atomic mass is 10.1. The highest BCUT2D eigenvalue weighted by Crippen LogP contribution is 2.11. The van der Waals surface area contributed by atoms with E-state index in [2.05, 4.69) is 22.4 Å². The monoisotopic (exact) mass is 261 g/mol. The first-order valence-corrected chi connectivity index (χ1v) is 6.48. The van der Waals surface area contributed by atoms with Crippen molar-refractivity contribution < 1.29 is 9.26 Å². The second-order valence-corrected chi connectivity index (χ2v) is 4.30. The Hall–Kier alpha value is -1.88. The summed E-state index contributed by atoms with van der Waals surface area (Å²) in [6.07, 6.45) is 1.76. The zero-order valence-electron chi connectivity index (χ0n) is 11.3. The minimum absolute atomic E-state index is 0.323. The van der Waals surface area contributed by atoms with Gasteiger partial charge in [0.2, 0.25) is 11.7 Å². The molecule has 0 aliphatic rings. The molecule has 0 radical (unpaired) electrons. The van der Waals surface area contributed by atoms with Crippen LogP contribution in [0.2, 0.25) is 0 Å². The Balaban J connectivity index is 1.87. The number of hydrogen-bond acceptors (Lipinski definition) is 5. The number of hydrogen-bond donors (Lipinski definition) is 1. The number of aromatic nitrogens is 2. The van der Waals surface area contributed by atoms with E-state index in [-0.39, 0.29) is 0 Å². The van der Waals surface area contributed by atoms with Crippen molar-refractivity contribution in [3.63, 3.8) is 0 Å². The fourth-order valence-corrected chi connectivity index (χ4v) is 1.76. The summed E-state index contributed by atoms with van der Waals surface area (Å²) in [5, 5.41) is 7.12. The van der Waals surface area contributed by atoms with Gasteiger partial charge in [-0.3, -0.25) is 0 Å². The van der Waals surface area contributed by atoms with E-state index < -0.39 is 0 Å². The molecule has 2 rings (SSSR count). The van der Waals surface area contributed by atoms with Crippen molar-refractivity contribution >= 4 is 0 Å². The van der Waals surface area contributed by atoms with Crippen LogP contribution in [0.15, 0.2) is 34.9 Å². The molecule has 0 saturated heterocycles. The van der Waals surface area contributed by atoms with Crippen LogP contribution in [0.5, 0.6) is 5.75 Å². The van der Waals surface area contributed by atoms with Crippen molar-refractivity contribution in [3.8, 4) is 5.75 Å². The maximum Gasteiger partial charge on any atom is 0.228 e. The van der Waals surface area contributed by atoms with Gasteiger partial charge in [-0.2, -0.15) is 4.98 Å². The SMILES string of the molecule is CCC(Cc1nc(COc2ccccc2)no1)NC. The average molecular weight is 261 g/mol. The molecular formula is C14H19N3O2. The topological polar surface area (TPSA) is 60.2 Å². The van der Waals surface area contributed by atoms with E-state index in [4.69, 9.17) is 9.26 Å². The number of nitrogens with zero attached hydrogens (tertiary/aromatic N) is 2. The summed E-state index contributed by atoms with van der Waals surface area (Å²) in [5.41, 5.74) is 0. The van der Waals surface area contributed by atoms with Gasteiger partial charge in [0.05, 0.1) is 0 Å². The first kappa shape index (κ1) is 13.5. The van der Waals surface area contributed by atoms with E-state index in [0.29, 0.717) is 24.4 Å². The predicted molar refractivity (Wildman–Crippen MR) is 71.9 cm³/mol. The van der Waals surface area contributed by atoms with Gasteiger partial charge in [0.1, 0.15) is 5.75 Å². The summed E-state index contributed by atoms with van der Waals surface area (Å²) in [6, 6.07) is 9.96. The fraction of sp³-hybridized carbons (Fsp3) is 0.429. The standard InChI is InChI=1S/C14H19N3O2/c1-3-11(15-2)9-14-16-13(17-19-14)10-18-12-7-5-4-6-8-12/h4-8,11,15H,3,9-10H2,1-2H3. The molecule has 1 aromatic carbocycles. The van der Waals surface area contributed by atoms with Gasteiger partial charge < -0.3 is 14.6 Å². The summed E-state index contributed by atoms with van der Waals surface area (Å²) in [4.78, 5) is 4.32. The Labute approximate surface area is 113 Å². The molecule has 1 N–H and O–H groups in total. The number of para-hydroxylation sites is 1. The van der Waals surface area contributed by atoms with E-state index in [1.165, 1.54) is 0 Å². The van der Waals surface area contributed by atoms with E-state index >= 15 is 0 Å². The van der Waals surface area contributed by atoms with Crippen molar-refractivity contribution in [1.82, 2.24) is 15.5 Å². The highest BCUT2D eigenvalue weighted by atomic mass is 16.5. The predicted octanol–water partition coefficient (Wildman–Crippen LogP) is 2.19. The summed E-state index contributed by atoms with van der Waals surface area (Å²) >= 11 is 0. The number of ether oxygens (including phenoxy) is 1. The van der Waals surface area contributed by atoms with Gasteiger partial charge in [-0.25, -0.2) is 0 Å². The van der Waals surface area contributed by atoms with Crippen LogP contribution in [-0.2, 0) is 13.0 Å². The molecule has 0 aliphatic heterocycles. The third kappa shape index (κ3) is 4.06. The first-order chi connectivity index (χ1) is 9.31. The van der Waals surface area contributed by atoms with Gasteiger partial charge >= 0.3 is 0 Å². The maximum atomic E-state index is 5.56. The van der Waals surface area contributed by atoms with E-state index in [1.807, 2.05) is 37.4 Å². The lowest BCUT2D eigenvalue weighted by Crippen LogP contribution is -2.26. The van der Waals surface area contributed by atoms with Crippen LogP contribution in [-0.4, -0.2) is 23.2 Å². The molecule has 5 heteroatoms. The highest BCUT2D eigenvalue weighted by molar-refractivity contribution is 5.20. The molecule has 1 unspecified atom stereocenters. The molecule has 0 spiro atoms. The van der Waals surface area contributed by atoms with Crippen LogP contribution in [0.4, 0.5) is 0 Å². The van der Waals surface area contributed by atoms with Gasteiger partial charge in [0.15, 0.2) is 6.61 Å². The molecule has 102 valence electrons. The molecule has 1 heterocycles. The quantitative estimate of drug-likeness (QED) is 0.828. The number of rotatable bonds is 7. The molecule has 1 aromatic heterocycles. The summed E-state index contributed by atoms with van der Waals surface area (Å²) in [5.74, 6) is 2.02. The average Bonchev–Trinajstić information content (AvgIpc) is 2.91. The lowest BCUT2D eigenvalue weighted by Gasteiger charge is -2.09. The molecule has 19 heavy (non-hydrogen) atoms. The highest BCUT2D eigenvalue weighted by Gasteiger charge is 2.11. The Morgan fingerprint density at radius 1 is 1.32 bits per heavy atom. The Morgan fingerprint density at radius 2 is 2.11 bits per heavy atom. The molecule has 5 nitrogen and oxygen atoms in total. The minimum atomic E-state index is 0.323. The molecule has 2 aromatic rings. The van der Waals surface area contributed by atoms with Crippen molar-refractivity contribution in [3.05, 3.63) is 42.0 Å². The van der Waals surface area contributed by atoms with Crippen LogP contribution in [0.25, 0.3) is 0 Å². The van der Waals surface area contributed by atoms with Crippen molar-refractivity contribution in [2.24, 2.45) is 0 Å². The van der Waals surface area contributed by atoms with Gasteiger partial charge in [0.25, 0.3) is 0 Å². The second-order valence-electron chi connectivity index (χ2n) is 4.30. The molecule has 0 bridgehead atoms. The van der Waals surface area contributed by atoms with Crippen molar-refractivity contribution in [2.45, 2.75) is 32.4 Å². The van der Waals surface area contributed by atoms with Crippen LogP contribution in [0.3, 0.4) is 0 Å². The van der Waals surface area contributed by atoms with E-state index in [1.54, 1.807) is 0 Å². The fourth-order valence-electron chi connectivity index (χ4n) is 1.76. The zero-order valence-corrected chi connectivity index (χ0v) is 11.3. The maximum absolute atomic E-state index is 5.56. The normalized spacial score (nSPS) is 12.3. The van der Waals surface area contributed by atoms with Gasteiger partial charge in [-0.15, -0.1) is 0 Å². The number of nitrogens with one attached hydrogen (secondary N) is 1. The molecule has 0 fully saturated rings. The van der Waals surface area contributed by atoms with E-state index in [0.717, 1.165) is 18.6 Å². The zero-order chi connectivity index (χ0) is 13.5. The lowest BCUT2D eigenvalue weighted by molar-refractivity contribution is 0.284. The molecule has 0 saturated carbocycles. The van der Waals surface area contributed by atoms with Crippen LogP contribution in [0, 0.1) is 0 Å². The van der Waals surface area contributed by atoms with Crippen LogP contribution < -0.4 is 10.1 Å². The van der Waals surface area contributed by atoms with Gasteiger partial charge in [-0.1, -0.05) is 30.3 Å². The third-order valence-electron chi connectivity index (χ3n) is 2.94. The van der Waals surface area contributed by atoms with Crippen molar-refractivity contribution in [2.75, 3.05) is 7.05 Å². The smallest absolute Gasteiger partial charge is 0.228 e. The molecule has 0 aliphatic carbocycles. The number of likely N-dealkylation sites (N-methyl/N-ethyl adjacent to an activating group) is 1. The van der Waals surface area contributed by atoms with Gasteiger partial charge in [0, 0.05) is 12.5 Å². The van der Waals surface area contributed by atoms with Crippen LogP contribution >= 0.6 is 0 Å². The minimum Gasteiger partial charge on any atom is -0.485 e. The third-order valence-corrected chi connectivity index (χ3v) is 2.94. The summed E-state index contributed by atoms with van der Waals surface area (Å²) in [7, 11) is 1.93. The molecular weight excluding hydrogens is 242 g/mol.